The summed E-state index contributed by atoms with van der Waals surface area (Å²) in [4.78, 5) is 37.4. The molecule has 0 bridgehead atoms. The first kappa shape index (κ1) is 26.8. The van der Waals surface area contributed by atoms with Crippen LogP contribution in [0.15, 0.2) is 72.9 Å². The van der Waals surface area contributed by atoms with Crippen LogP contribution < -0.4 is 14.8 Å². The number of carbonyl (C=O) groups is 2. The molecule has 0 fully saturated rings. The summed E-state index contributed by atoms with van der Waals surface area (Å²) in [7, 11) is 0. The lowest BCUT2D eigenvalue weighted by Gasteiger charge is -2.12. The topological polar surface area (TPSA) is 113 Å². The van der Waals surface area contributed by atoms with Gasteiger partial charge in [-0.2, -0.15) is 9.97 Å². The summed E-state index contributed by atoms with van der Waals surface area (Å²) in [5.41, 5.74) is 1.69. The first-order valence-electron chi connectivity index (χ1n) is 11.5. The van der Waals surface area contributed by atoms with Crippen LogP contribution in [0, 0.1) is 0 Å². The Morgan fingerprint density at radius 1 is 0.868 bits per heavy atom. The third kappa shape index (κ3) is 7.18. The molecule has 2 aromatic heterocycles. The summed E-state index contributed by atoms with van der Waals surface area (Å²) in [5.74, 6) is -0.785. The molecular formula is C27H22Cl2N4O5. The van der Waals surface area contributed by atoms with Gasteiger partial charge in [-0.1, -0.05) is 59.6 Å². The van der Waals surface area contributed by atoms with Gasteiger partial charge in [0, 0.05) is 33.4 Å². The number of nitrogens with one attached hydrogen (secondary N) is 1. The number of esters is 1. The van der Waals surface area contributed by atoms with Gasteiger partial charge >= 0.3 is 12.0 Å². The minimum Gasteiger partial charge on any atom is -0.473 e. The molecule has 194 valence electrons. The number of rotatable bonds is 10. The van der Waals surface area contributed by atoms with Crippen molar-refractivity contribution in [2.45, 2.75) is 20.1 Å². The van der Waals surface area contributed by atoms with Crippen LogP contribution in [0.5, 0.6) is 11.9 Å². The number of benzene rings is 2. The van der Waals surface area contributed by atoms with Crippen molar-refractivity contribution in [2.75, 3.05) is 11.9 Å². The highest BCUT2D eigenvalue weighted by molar-refractivity contribution is 6.31. The number of anilines is 1. The van der Waals surface area contributed by atoms with Crippen LogP contribution in [0.4, 0.5) is 5.82 Å². The third-order valence-electron chi connectivity index (χ3n) is 5.08. The molecule has 11 heteroatoms. The quantitative estimate of drug-likeness (QED) is 0.247. The lowest BCUT2D eigenvalue weighted by atomic mass is 10.2. The molecule has 38 heavy (non-hydrogen) atoms. The average Bonchev–Trinajstić information content (AvgIpc) is 2.92. The van der Waals surface area contributed by atoms with Crippen LogP contribution in [0.1, 0.15) is 38.9 Å². The molecule has 0 spiro atoms. The Hall–Kier alpha value is -4.21. The summed E-state index contributed by atoms with van der Waals surface area (Å²) in [6.07, 6.45) is 1.31. The molecule has 4 rings (SSSR count). The van der Waals surface area contributed by atoms with Crippen LogP contribution >= 0.6 is 23.2 Å². The summed E-state index contributed by atoms with van der Waals surface area (Å²) in [6, 6.07) is 18.7. The molecule has 0 radical (unpaired) electrons. The summed E-state index contributed by atoms with van der Waals surface area (Å²) in [6.45, 7) is 2.14. The zero-order valence-corrected chi connectivity index (χ0v) is 21.7. The van der Waals surface area contributed by atoms with Gasteiger partial charge in [-0.15, -0.1) is 0 Å². The van der Waals surface area contributed by atoms with E-state index >= 15 is 0 Å². The highest BCUT2D eigenvalue weighted by Gasteiger charge is 2.16. The van der Waals surface area contributed by atoms with E-state index in [0.717, 1.165) is 11.1 Å². The Morgan fingerprint density at radius 3 is 2.13 bits per heavy atom. The smallest absolute Gasteiger partial charge is 0.339 e. The minimum atomic E-state index is -0.589. The van der Waals surface area contributed by atoms with Crippen LogP contribution in [0.2, 0.25) is 10.0 Å². The molecule has 2 aromatic carbocycles. The third-order valence-corrected chi connectivity index (χ3v) is 5.82. The lowest BCUT2D eigenvalue weighted by Crippen LogP contribution is -2.16. The first-order chi connectivity index (χ1) is 18.4. The molecule has 1 N–H and O–H groups in total. The van der Waals surface area contributed by atoms with Gasteiger partial charge in [0.05, 0.1) is 12.2 Å². The van der Waals surface area contributed by atoms with Crippen molar-refractivity contribution in [1.82, 2.24) is 15.0 Å². The van der Waals surface area contributed by atoms with Gasteiger partial charge in [0.1, 0.15) is 24.7 Å². The van der Waals surface area contributed by atoms with Crippen molar-refractivity contribution in [2.24, 2.45) is 0 Å². The van der Waals surface area contributed by atoms with Crippen LogP contribution in [-0.2, 0) is 18.0 Å². The zero-order chi connectivity index (χ0) is 26.9. The van der Waals surface area contributed by atoms with Crippen molar-refractivity contribution < 1.29 is 23.8 Å². The molecule has 0 aliphatic heterocycles. The van der Waals surface area contributed by atoms with Crippen molar-refractivity contribution in [3.05, 3.63) is 105 Å². The van der Waals surface area contributed by atoms with Gasteiger partial charge in [0.25, 0.3) is 5.91 Å². The second-order valence-corrected chi connectivity index (χ2v) is 8.56. The molecule has 0 aliphatic rings. The summed E-state index contributed by atoms with van der Waals surface area (Å²) in [5, 5.41) is 3.69. The van der Waals surface area contributed by atoms with E-state index in [0.29, 0.717) is 10.0 Å². The fourth-order valence-electron chi connectivity index (χ4n) is 3.17. The van der Waals surface area contributed by atoms with Crippen molar-refractivity contribution in [3.8, 4) is 11.9 Å². The van der Waals surface area contributed by atoms with E-state index in [1.807, 2.05) is 24.3 Å². The van der Waals surface area contributed by atoms with E-state index in [9.17, 15) is 9.59 Å². The second kappa shape index (κ2) is 12.8. The Morgan fingerprint density at radius 2 is 1.53 bits per heavy atom. The standard InChI is InChI=1S/C27H22Cl2N4O5/c1-2-36-26(35)17-11-12-23(30-14-17)32-25(34)22-13-24(37-15-18-7-3-5-9-20(18)28)33-27(31-22)38-16-19-8-4-6-10-21(19)29/h3-14H,2,15-16H2,1H3,(H,30,32,34). The number of aromatic nitrogens is 3. The number of halogens is 2. The Kier molecular flexibility index (Phi) is 9.07. The molecule has 0 aliphatic carbocycles. The molecule has 2 heterocycles. The molecule has 0 unspecified atom stereocenters. The lowest BCUT2D eigenvalue weighted by molar-refractivity contribution is 0.0526. The van der Waals surface area contributed by atoms with Crippen LogP contribution in [-0.4, -0.2) is 33.4 Å². The van der Waals surface area contributed by atoms with Crippen molar-refractivity contribution in [1.29, 1.82) is 0 Å². The number of hydrogen-bond acceptors (Lipinski definition) is 8. The van der Waals surface area contributed by atoms with Gasteiger partial charge in [-0.05, 0) is 31.2 Å². The molecule has 0 saturated heterocycles. The normalized spacial score (nSPS) is 10.5. The molecule has 9 nitrogen and oxygen atoms in total. The number of hydrogen-bond donors (Lipinski definition) is 1. The Labute approximate surface area is 228 Å². The van der Waals surface area contributed by atoms with Gasteiger partial charge < -0.3 is 19.5 Å². The van der Waals surface area contributed by atoms with E-state index in [-0.39, 0.29) is 48.8 Å². The number of pyridine rings is 1. The SMILES string of the molecule is CCOC(=O)c1ccc(NC(=O)c2cc(OCc3ccccc3Cl)nc(OCc3ccccc3Cl)n2)nc1. The highest BCUT2D eigenvalue weighted by atomic mass is 35.5. The van der Waals surface area contributed by atoms with Crippen molar-refractivity contribution >= 4 is 40.9 Å². The first-order valence-corrected chi connectivity index (χ1v) is 12.2. The molecule has 0 saturated carbocycles. The largest absolute Gasteiger partial charge is 0.473 e. The molecule has 4 aromatic rings. The number of ether oxygens (including phenoxy) is 3. The number of nitrogens with zero attached hydrogens (tertiary/aromatic N) is 3. The van der Waals surface area contributed by atoms with Gasteiger partial charge in [0.2, 0.25) is 5.88 Å². The summed E-state index contributed by atoms with van der Waals surface area (Å²) >= 11 is 12.4. The Balaban J connectivity index is 1.54. The predicted molar refractivity (Wildman–Crippen MR) is 142 cm³/mol. The monoisotopic (exact) mass is 552 g/mol. The van der Waals surface area contributed by atoms with E-state index in [1.165, 1.54) is 24.4 Å². The van der Waals surface area contributed by atoms with Crippen molar-refractivity contribution in [3.63, 3.8) is 0 Å². The molecule has 1 amide bonds. The maximum Gasteiger partial charge on any atom is 0.339 e. The number of carbonyl (C=O) groups excluding carboxylic acids is 2. The van der Waals surface area contributed by atoms with E-state index in [1.54, 1.807) is 31.2 Å². The predicted octanol–water partition coefficient (Wildman–Crippen LogP) is 5.77. The maximum atomic E-state index is 13.0. The van der Waals surface area contributed by atoms with E-state index in [2.05, 4.69) is 20.3 Å². The fraction of sp³-hybridized carbons (Fsp3) is 0.148. The summed E-state index contributed by atoms with van der Waals surface area (Å²) < 4.78 is 16.5. The van der Waals surface area contributed by atoms with Crippen LogP contribution in [0.3, 0.4) is 0 Å². The van der Waals surface area contributed by atoms with Crippen LogP contribution in [0.25, 0.3) is 0 Å². The highest BCUT2D eigenvalue weighted by Crippen LogP contribution is 2.22. The van der Waals surface area contributed by atoms with Gasteiger partial charge in [0.15, 0.2) is 0 Å². The Bertz CT molecular complexity index is 1370. The second-order valence-electron chi connectivity index (χ2n) is 7.74. The zero-order valence-electron chi connectivity index (χ0n) is 20.2. The van der Waals surface area contributed by atoms with E-state index < -0.39 is 11.9 Å². The van der Waals surface area contributed by atoms with E-state index in [4.69, 9.17) is 37.4 Å². The maximum absolute atomic E-state index is 13.0. The van der Waals surface area contributed by atoms with Gasteiger partial charge in [-0.25, -0.2) is 9.78 Å². The fourth-order valence-corrected chi connectivity index (χ4v) is 3.55. The molecule has 0 atom stereocenters. The minimum absolute atomic E-state index is 0.0282. The molecular weight excluding hydrogens is 531 g/mol. The van der Waals surface area contributed by atoms with Gasteiger partial charge in [-0.3, -0.25) is 4.79 Å². The number of amides is 1. The average molecular weight is 553 g/mol.